The van der Waals surface area contributed by atoms with Gasteiger partial charge in [-0.25, -0.2) is 9.78 Å². The zero-order valence-corrected chi connectivity index (χ0v) is 21.1. The molecule has 0 aromatic carbocycles. The van der Waals surface area contributed by atoms with Crippen LogP contribution in [0.4, 0.5) is 0 Å². The second-order valence-corrected chi connectivity index (χ2v) is 8.60. The van der Waals surface area contributed by atoms with Crippen molar-refractivity contribution in [2.24, 2.45) is 4.99 Å². The van der Waals surface area contributed by atoms with Crippen molar-refractivity contribution < 1.29 is 9.53 Å². The van der Waals surface area contributed by atoms with Crippen LogP contribution in [0.2, 0.25) is 4.34 Å². The number of nitrogens with one attached hydrogen (secondary N) is 2. The fourth-order valence-corrected chi connectivity index (χ4v) is 4.38. The van der Waals surface area contributed by atoms with Gasteiger partial charge < -0.3 is 15.4 Å². The second kappa shape index (κ2) is 12.6. The standard InChI is InChI=1S/C18H25ClN4O2S2.HI/c1-5-20-18(21-10-9-13-7-8-14(19)26-13)23-12(4)16-22-11(3)15(27-16)17(24)25-6-2;/h7-8,12H,5-6,9-10H2,1-4H3,(H2,20,21,23);1H. The highest BCUT2D eigenvalue weighted by molar-refractivity contribution is 14.0. The first-order valence-corrected chi connectivity index (χ1v) is 10.9. The zero-order chi connectivity index (χ0) is 19.8. The van der Waals surface area contributed by atoms with Crippen molar-refractivity contribution in [2.45, 2.75) is 40.2 Å². The minimum Gasteiger partial charge on any atom is -0.462 e. The SMILES string of the molecule is CCNC(=NCCc1ccc(Cl)s1)NC(C)c1nc(C)c(C(=O)OCC)s1.I. The number of rotatable bonds is 8. The molecule has 2 aromatic rings. The van der Waals surface area contributed by atoms with Crippen LogP contribution in [-0.4, -0.2) is 36.6 Å². The molecule has 0 spiro atoms. The average Bonchev–Trinajstić information content (AvgIpc) is 3.21. The summed E-state index contributed by atoms with van der Waals surface area (Å²) in [6.45, 7) is 9.41. The molecule has 0 radical (unpaired) electrons. The smallest absolute Gasteiger partial charge is 0.350 e. The lowest BCUT2D eigenvalue weighted by Gasteiger charge is -2.16. The van der Waals surface area contributed by atoms with E-state index in [1.165, 1.54) is 16.2 Å². The summed E-state index contributed by atoms with van der Waals surface area (Å²) in [5.74, 6) is 0.402. The lowest BCUT2D eigenvalue weighted by atomic mass is 10.3. The Labute approximate surface area is 196 Å². The van der Waals surface area contributed by atoms with E-state index in [4.69, 9.17) is 16.3 Å². The number of nitrogens with zero attached hydrogens (tertiary/aromatic N) is 2. The number of carbonyl (C=O) groups excluding carboxylic acids is 1. The summed E-state index contributed by atoms with van der Waals surface area (Å²) in [5.41, 5.74) is 0.693. The van der Waals surface area contributed by atoms with Gasteiger partial charge in [0.25, 0.3) is 0 Å². The average molecular weight is 557 g/mol. The predicted octanol–water partition coefficient (Wildman–Crippen LogP) is 4.82. The Balaban J connectivity index is 0.00000392. The van der Waals surface area contributed by atoms with Crippen LogP contribution in [0.1, 0.15) is 52.1 Å². The Hall–Kier alpha value is -0.910. The van der Waals surface area contributed by atoms with E-state index in [1.54, 1.807) is 18.3 Å². The summed E-state index contributed by atoms with van der Waals surface area (Å²) in [6.07, 6.45) is 0.839. The minimum atomic E-state index is -0.318. The Bertz CT molecular complexity index is 794. The van der Waals surface area contributed by atoms with Crippen LogP contribution in [0.3, 0.4) is 0 Å². The largest absolute Gasteiger partial charge is 0.462 e. The first-order chi connectivity index (χ1) is 12.9. The van der Waals surface area contributed by atoms with E-state index in [9.17, 15) is 4.79 Å². The molecule has 0 fully saturated rings. The van der Waals surface area contributed by atoms with Gasteiger partial charge in [-0.05, 0) is 39.8 Å². The zero-order valence-electron chi connectivity index (χ0n) is 16.4. The number of aryl methyl sites for hydroxylation is 1. The molecule has 2 N–H and O–H groups in total. The quantitative estimate of drug-likeness (QED) is 0.211. The number of carbonyl (C=O) groups is 1. The number of aromatic nitrogens is 1. The van der Waals surface area contributed by atoms with Crippen LogP contribution in [0.5, 0.6) is 0 Å². The predicted molar refractivity (Wildman–Crippen MR) is 129 cm³/mol. The lowest BCUT2D eigenvalue weighted by Crippen LogP contribution is -2.38. The number of aliphatic imine (C=N–C) groups is 1. The summed E-state index contributed by atoms with van der Waals surface area (Å²) in [4.78, 5) is 22.9. The van der Waals surface area contributed by atoms with E-state index in [1.807, 2.05) is 32.9 Å². The van der Waals surface area contributed by atoms with E-state index in [0.29, 0.717) is 23.7 Å². The maximum absolute atomic E-state index is 12.0. The van der Waals surface area contributed by atoms with Crippen LogP contribution in [0, 0.1) is 6.92 Å². The van der Waals surface area contributed by atoms with Crippen molar-refractivity contribution in [1.29, 1.82) is 0 Å². The van der Waals surface area contributed by atoms with Gasteiger partial charge in [-0.3, -0.25) is 4.99 Å². The van der Waals surface area contributed by atoms with E-state index in [0.717, 1.165) is 28.3 Å². The van der Waals surface area contributed by atoms with Crippen LogP contribution in [-0.2, 0) is 11.2 Å². The van der Waals surface area contributed by atoms with E-state index < -0.39 is 0 Å². The molecule has 0 amide bonds. The number of hydrogen-bond donors (Lipinski definition) is 2. The molecule has 6 nitrogen and oxygen atoms in total. The highest BCUT2D eigenvalue weighted by atomic mass is 127. The van der Waals surface area contributed by atoms with Gasteiger partial charge in [-0.2, -0.15) is 0 Å². The van der Waals surface area contributed by atoms with Crippen molar-refractivity contribution in [2.75, 3.05) is 19.7 Å². The molecule has 2 rings (SSSR count). The van der Waals surface area contributed by atoms with Gasteiger partial charge in [0.2, 0.25) is 0 Å². The van der Waals surface area contributed by atoms with Crippen molar-refractivity contribution >= 4 is 70.2 Å². The van der Waals surface area contributed by atoms with E-state index in [2.05, 4.69) is 20.6 Å². The molecule has 1 atom stereocenters. The van der Waals surface area contributed by atoms with Crippen LogP contribution >= 0.6 is 58.3 Å². The molecular weight excluding hydrogens is 531 g/mol. The molecule has 0 aliphatic rings. The summed E-state index contributed by atoms with van der Waals surface area (Å²) >= 11 is 8.90. The fourth-order valence-electron chi connectivity index (χ4n) is 2.34. The second-order valence-electron chi connectivity index (χ2n) is 5.77. The Morgan fingerprint density at radius 2 is 2.11 bits per heavy atom. The molecule has 10 heteroatoms. The van der Waals surface area contributed by atoms with Gasteiger partial charge in [-0.1, -0.05) is 11.6 Å². The van der Waals surface area contributed by atoms with Gasteiger partial charge >= 0.3 is 5.97 Å². The molecule has 0 bridgehead atoms. The summed E-state index contributed by atoms with van der Waals surface area (Å²) in [6, 6.07) is 3.86. The first-order valence-electron chi connectivity index (χ1n) is 8.88. The molecule has 0 saturated heterocycles. The first kappa shape index (κ1) is 25.1. The van der Waals surface area contributed by atoms with Gasteiger partial charge in [0.15, 0.2) is 5.96 Å². The van der Waals surface area contributed by atoms with Crippen molar-refractivity contribution in [3.05, 3.63) is 36.9 Å². The van der Waals surface area contributed by atoms with Crippen molar-refractivity contribution in [1.82, 2.24) is 15.6 Å². The maximum atomic E-state index is 12.0. The molecule has 0 aliphatic heterocycles. The van der Waals surface area contributed by atoms with Crippen LogP contribution in [0.25, 0.3) is 0 Å². The normalized spacial score (nSPS) is 12.2. The minimum absolute atomic E-state index is 0. The van der Waals surface area contributed by atoms with Gasteiger partial charge in [0, 0.05) is 24.4 Å². The van der Waals surface area contributed by atoms with Crippen molar-refractivity contribution in [3.8, 4) is 0 Å². The monoisotopic (exact) mass is 556 g/mol. The van der Waals surface area contributed by atoms with Crippen molar-refractivity contribution in [3.63, 3.8) is 0 Å². The lowest BCUT2D eigenvalue weighted by molar-refractivity contribution is 0.0531. The fraction of sp³-hybridized carbons (Fsp3) is 0.500. The molecule has 0 saturated carbocycles. The third-order valence-electron chi connectivity index (χ3n) is 3.60. The summed E-state index contributed by atoms with van der Waals surface area (Å²) in [5, 5.41) is 7.42. The Kier molecular flexibility index (Phi) is 11.3. The van der Waals surface area contributed by atoms with Crippen LogP contribution < -0.4 is 10.6 Å². The molecule has 28 heavy (non-hydrogen) atoms. The summed E-state index contributed by atoms with van der Waals surface area (Å²) in [7, 11) is 0. The number of halogens is 2. The Morgan fingerprint density at radius 3 is 2.71 bits per heavy atom. The number of esters is 1. The van der Waals surface area contributed by atoms with Gasteiger partial charge in [0.1, 0.15) is 9.88 Å². The van der Waals surface area contributed by atoms with Crippen LogP contribution in [0.15, 0.2) is 17.1 Å². The Morgan fingerprint density at radius 1 is 1.36 bits per heavy atom. The maximum Gasteiger partial charge on any atom is 0.350 e. The molecule has 156 valence electrons. The topological polar surface area (TPSA) is 75.6 Å². The molecule has 2 heterocycles. The number of guanidine groups is 1. The highest BCUT2D eigenvalue weighted by Gasteiger charge is 2.20. The highest BCUT2D eigenvalue weighted by Crippen LogP contribution is 2.24. The molecular formula is C18H26ClIN4O2S2. The van der Waals surface area contributed by atoms with Gasteiger partial charge in [0.05, 0.1) is 22.7 Å². The number of thiazole rings is 1. The number of hydrogen-bond acceptors (Lipinski definition) is 6. The molecule has 0 aliphatic carbocycles. The number of thiophene rings is 1. The number of ether oxygens (including phenoxy) is 1. The molecule has 2 aromatic heterocycles. The third kappa shape index (κ3) is 7.49. The van der Waals surface area contributed by atoms with E-state index >= 15 is 0 Å². The van der Waals surface area contributed by atoms with E-state index in [-0.39, 0.29) is 36.0 Å². The summed E-state index contributed by atoms with van der Waals surface area (Å²) < 4.78 is 5.88. The molecule has 1 unspecified atom stereocenters. The van der Waals surface area contributed by atoms with Gasteiger partial charge in [-0.15, -0.1) is 46.7 Å². The third-order valence-corrected chi connectivity index (χ3v) is 6.21.